The van der Waals surface area contributed by atoms with Crippen LogP contribution in [-0.2, 0) is 35.2 Å². The van der Waals surface area contributed by atoms with E-state index in [9.17, 15) is 33.9 Å². The highest BCUT2D eigenvalue weighted by Crippen LogP contribution is 2.20. The second-order valence-electron chi connectivity index (χ2n) is 11.9. The number of H-pyrrole nitrogens is 1. The molecule has 13 heteroatoms. The number of carbonyl (C=O) groups is 6. The van der Waals surface area contributed by atoms with Crippen molar-refractivity contribution in [3.63, 3.8) is 0 Å². The van der Waals surface area contributed by atoms with E-state index in [2.05, 4.69) is 31.6 Å². The molecule has 0 radical (unpaired) electrons. The van der Waals surface area contributed by atoms with Crippen molar-refractivity contribution in [1.29, 1.82) is 0 Å². The van der Waals surface area contributed by atoms with Crippen LogP contribution in [0.5, 0.6) is 0 Å². The van der Waals surface area contributed by atoms with Gasteiger partial charge in [-0.3, -0.25) is 28.8 Å². The van der Waals surface area contributed by atoms with Crippen LogP contribution >= 0.6 is 0 Å². The first-order valence-corrected chi connectivity index (χ1v) is 15.1. The van der Waals surface area contributed by atoms with Gasteiger partial charge in [0.05, 0.1) is 0 Å². The summed E-state index contributed by atoms with van der Waals surface area (Å²) in [5.74, 6) is -4.76. The van der Waals surface area contributed by atoms with E-state index in [4.69, 9.17) is 0 Å². The Morgan fingerprint density at radius 2 is 1.43 bits per heavy atom. The fourth-order valence-electron chi connectivity index (χ4n) is 5.14. The minimum atomic E-state index is -1.31. The molecule has 1 aliphatic rings. The van der Waals surface area contributed by atoms with Gasteiger partial charge in [-0.15, -0.1) is 0 Å². The summed E-state index contributed by atoms with van der Waals surface area (Å²) in [5.41, 5.74) is 1.56. The summed E-state index contributed by atoms with van der Waals surface area (Å²) in [7, 11) is 0. The lowest BCUT2D eigenvalue weighted by Gasteiger charge is -2.28. The maximum atomic E-state index is 13.7. The largest absolute Gasteiger partial charge is 0.481 e. The monoisotopic (exact) mass is 612 g/mol. The van der Waals surface area contributed by atoms with E-state index in [0.29, 0.717) is 6.42 Å². The average Bonchev–Trinajstić information content (AvgIpc) is 3.38. The van der Waals surface area contributed by atoms with Gasteiger partial charge in [0.1, 0.15) is 30.2 Å². The highest BCUT2D eigenvalue weighted by atomic mass is 16.4. The first-order chi connectivity index (χ1) is 20.8. The van der Waals surface area contributed by atoms with E-state index in [-0.39, 0.29) is 31.1 Å². The zero-order chi connectivity index (χ0) is 32.6. The molecule has 0 spiro atoms. The molecular weight excluding hydrogens is 568 g/mol. The van der Waals surface area contributed by atoms with Crippen LogP contribution in [-0.4, -0.2) is 75.8 Å². The minimum absolute atomic E-state index is 0.00656. The zero-order valence-corrected chi connectivity index (χ0v) is 25.9. The Bertz CT molecular complexity index is 1370. The lowest BCUT2D eigenvalue weighted by Crippen LogP contribution is -2.59. The van der Waals surface area contributed by atoms with Gasteiger partial charge in [-0.05, 0) is 43.2 Å². The van der Waals surface area contributed by atoms with Crippen LogP contribution in [0, 0.1) is 11.8 Å². The maximum absolute atomic E-state index is 13.7. The van der Waals surface area contributed by atoms with Gasteiger partial charge in [0.2, 0.25) is 29.5 Å². The Morgan fingerprint density at radius 3 is 2.09 bits per heavy atom. The highest BCUT2D eigenvalue weighted by Gasteiger charge is 2.35. The number of fused-ring (bicyclic) bond motifs is 1. The van der Waals surface area contributed by atoms with Crippen molar-refractivity contribution in [2.24, 2.45) is 11.8 Å². The van der Waals surface area contributed by atoms with Gasteiger partial charge in [-0.2, -0.15) is 0 Å². The van der Waals surface area contributed by atoms with Crippen LogP contribution in [0.3, 0.4) is 0 Å². The topological polar surface area (TPSA) is 199 Å². The van der Waals surface area contributed by atoms with E-state index >= 15 is 0 Å². The number of carboxylic acids is 1. The molecule has 0 saturated carbocycles. The fraction of sp³-hybridized carbons (Fsp3) is 0.548. The molecule has 240 valence electrons. The number of aliphatic carboxylic acids is 1. The van der Waals surface area contributed by atoms with Gasteiger partial charge < -0.3 is 36.7 Å². The third kappa shape index (κ3) is 9.04. The van der Waals surface area contributed by atoms with Gasteiger partial charge in [0.25, 0.3) is 0 Å². The molecule has 5 amide bonds. The number of aromatic amines is 1. The predicted octanol–water partition coefficient (Wildman–Crippen LogP) is 1.12. The zero-order valence-electron chi connectivity index (χ0n) is 25.9. The minimum Gasteiger partial charge on any atom is -0.481 e. The van der Waals surface area contributed by atoms with Crippen molar-refractivity contribution in [1.82, 2.24) is 31.6 Å². The van der Waals surface area contributed by atoms with Crippen molar-refractivity contribution in [3.05, 3.63) is 36.0 Å². The standard InChI is InChI=1S/C31H44N6O7/c1-6-17(4)26-31(44)36-23(13-16(2)3)29(42)35-24(14-19-15-32-21-10-8-7-9-20(19)21)30(43)34-22(11-12-25(38)39)28(41)33-18(5)27(40)37-26/h7-10,15-18,22-24,26,32H,6,11-14H2,1-5H3,(H,33,41)(H,34,43)(H,35,42)(H,36,44)(H,37,40)(H,38,39)/t17-,18-,22-,23+,24-,26-/m0/s1. The maximum Gasteiger partial charge on any atom is 0.303 e. The molecule has 3 rings (SSSR count). The average molecular weight is 613 g/mol. The lowest BCUT2D eigenvalue weighted by atomic mass is 9.96. The van der Waals surface area contributed by atoms with Gasteiger partial charge in [-0.25, -0.2) is 0 Å². The van der Waals surface area contributed by atoms with Crippen molar-refractivity contribution >= 4 is 46.4 Å². The summed E-state index contributed by atoms with van der Waals surface area (Å²) in [6.07, 6.45) is 1.91. The normalized spacial score (nSPS) is 24.8. The molecule has 13 nitrogen and oxygen atoms in total. The summed E-state index contributed by atoms with van der Waals surface area (Å²) in [6, 6.07) is 1.85. The quantitative estimate of drug-likeness (QED) is 0.220. The van der Waals surface area contributed by atoms with Crippen LogP contribution in [0.1, 0.15) is 65.9 Å². The Balaban J connectivity index is 2.06. The first-order valence-electron chi connectivity index (χ1n) is 15.1. The van der Waals surface area contributed by atoms with E-state index in [0.717, 1.165) is 16.5 Å². The summed E-state index contributed by atoms with van der Waals surface area (Å²) in [6.45, 7) is 8.87. The Kier molecular flexibility index (Phi) is 11.9. The van der Waals surface area contributed by atoms with Gasteiger partial charge in [0.15, 0.2) is 0 Å². The predicted molar refractivity (Wildman–Crippen MR) is 163 cm³/mol. The van der Waals surface area contributed by atoms with Crippen LogP contribution in [0.15, 0.2) is 30.5 Å². The molecular formula is C31H44N6O7. The molecule has 0 bridgehead atoms. The number of para-hydroxylation sites is 1. The smallest absolute Gasteiger partial charge is 0.303 e. The number of rotatable bonds is 9. The van der Waals surface area contributed by atoms with Crippen molar-refractivity contribution < 1.29 is 33.9 Å². The molecule has 1 aromatic heterocycles. The molecule has 6 atom stereocenters. The number of hydrogen-bond acceptors (Lipinski definition) is 6. The van der Waals surface area contributed by atoms with E-state index in [1.54, 1.807) is 13.1 Å². The molecule has 2 heterocycles. The Labute approximate surface area is 256 Å². The van der Waals surface area contributed by atoms with Crippen molar-refractivity contribution in [3.8, 4) is 0 Å². The Hall–Kier alpha value is -4.42. The third-order valence-corrected chi connectivity index (χ3v) is 7.90. The number of hydrogen-bond donors (Lipinski definition) is 7. The first kappa shape index (κ1) is 34.1. The van der Waals surface area contributed by atoms with Crippen LogP contribution < -0.4 is 26.6 Å². The molecule has 1 aromatic carbocycles. The SMILES string of the molecule is CC[C@H](C)[C@@H]1NC(=O)[C@H](C)NC(=O)[C@H](CCC(=O)O)NC(=O)[C@H](Cc2c[nH]c3ccccc23)NC(=O)[C@@H](CC(C)C)NC1=O. The second-order valence-corrected chi connectivity index (χ2v) is 11.9. The third-order valence-electron chi connectivity index (χ3n) is 7.90. The fourth-order valence-corrected chi connectivity index (χ4v) is 5.14. The van der Waals surface area contributed by atoms with Gasteiger partial charge in [-0.1, -0.05) is 52.3 Å². The van der Waals surface area contributed by atoms with E-state index in [1.165, 1.54) is 6.92 Å². The van der Waals surface area contributed by atoms with Crippen molar-refractivity contribution in [2.75, 3.05) is 0 Å². The lowest BCUT2D eigenvalue weighted by molar-refractivity contribution is -0.138. The molecule has 44 heavy (non-hydrogen) atoms. The van der Waals surface area contributed by atoms with Crippen molar-refractivity contribution in [2.45, 2.75) is 96.9 Å². The molecule has 0 aliphatic carbocycles. The molecule has 1 aliphatic heterocycles. The van der Waals surface area contributed by atoms with Gasteiger partial charge >= 0.3 is 5.97 Å². The Morgan fingerprint density at radius 1 is 0.818 bits per heavy atom. The number of benzene rings is 1. The van der Waals surface area contributed by atoms with Crippen LogP contribution in [0.2, 0.25) is 0 Å². The molecule has 2 aromatic rings. The number of amides is 5. The summed E-state index contributed by atoms with van der Waals surface area (Å²) < 4.78 is 0. The molecule has 7 N–H and O–H groups in total. The molecule has 1 fully saturated rings. The second kappa shape index (κ2) is 15.3. The van der Waals surface area contributed by atoms with Crippen LogP contribution in [0.25, 0.3) is 10.9 Å². The summed E-state index contributed by atoms with van der Waals surface area (Å²) >= 11 is 0. The van der Waals surface area contributed by atoms with E-state index in [1.807, 2.05) is 45.0 Å². The van der Waals surface area contributed by atoms with E-state index < -0.39 is 72.1 Å². The summed E-state index contributed by atoms with van der Waals surface area (Å²) in [4.78, 5) is 81.9. The number of nitrogens with one attached hydrogen (secondary N) is 6. The highest BCUT2D eigenvalue weighted by molar-refractivity contribution is 5.98. The molecule has 0 unspecified atom stereocenters. The van der Waals surface area contributed by atoms with Crippen LogP contribution in [0.4, 0.5) is 0 Å². The summed E-state index contributed by atoms with van der Waals surface area (Å²) in [5, 5.41) is 23.5. The number of carboxylic acid groups (broad SMARTS) is 1. The number of aromatic nitrogens is 1. The molecule has 1 saturated heterocycles. The van der Waals surface area contributed by atoms with Gasteiger partial charge in [0, 0.05) is 29.9 Å². The number of carbonyl (C=O) groups excluding carboxylic acids is 5.